The van der Waals surface area contributed by atoms with Crippen LogP contribution in [0.5, 0.6) is 0 Å². The molecule has 2 heterocycles. The molecule has 1 aromatic heterocycles. The minimum atomic E-state index is -0.378. The van der Waals surface area contributed by atoms with Crippen molar-refractivity contribution in [2.24, 2.45) is 0 Å². The Morgan fingerprint density at radius 2 is 1.64 bits per heavy atom. The van der Waals surface area contributed by atoms with Crippen LogP contribution in [0.1, 0.15) is 40.0 Å². The number of carbonyl (C=O) groups is 2. The predicted molar refractivity (Wildman–Crippen MR) is 106 cm³/mol. The van der Waals surface area contributed by atoms with Gasteiger partial charge in [-0.05, 0) is 49.6 Å². The number of hydrogen-bond acceptors (Lipinski definition) is 5. The van der Waals surface area contributed by atoms with E-state index < -0.39 is 0 Å². The lowest BCUT2D eigenvalue weighted by atomic mass is 10.1. The molecule has 0 aliphatic carbocycles. The minimum absolute atomic E-state index is 0.0521. The second-order valence-corrected chi connectivity index (χ2v) is 6.88. The molecule has 3 aromatic rings. The third-order valence-corrected chi connectivity index (χ3v) is 5.03. The average molecular weight is 375 g/mol. The number of amides is 1. The van der Waals surface area contributed by atoms with Crippen LogP contribution in [0, 0.1) is 0 Å². The molecular formula is C22H21N3O3. The number of likely N-dealkylation sites (tertiary alicyclic amines) is 1. The van der Waals surface area contributed by atoms with E-state index in [0.717, 1.165) is 37.0 Å². The lowest BCUT2D eigenvalue weighted by Gasteiger charge is -2.26. The second kappa shape index (κ2) is 7.76. The standard InChI is InChI=1S/C22H21N3O3/c1-28-22(27)16-7-5-15(6-8-16)20-14-23-18-10-9-17(13-19(18)24-20)21(26)25-11-3-2-4-12-25/h5-10,13-14H,2-4,11-12H2,1H3. The molecule has 0 spiro atoms. The Kier molecular flexibility index (Phi) is 5.02. The van der Waals surface area contributed by atoms with Crippen molar-refractivity contribution in [1.29, 1.82) is 0 Å². The molecule has 0 unspecified atom stereocenters. The number of ether oxygens (including phenoxy) is 1. The topological polar surface area (TPSA) is 72.4 Å². The maximum absolute atomic E-state index is 12.8. The number of piperidine rings is 1. The van der Waals surface area contributed by atoms with Crippen molar-refractivity contribution in [1.82, 2.24) is 14.9 Å². The predicted octanol–water partition coefficient (Wildman–Crippen LogP) is 3.71. The van der Waals surface area contributed by atoms with Crippen LogP contribution in [0.4, 0.5) is 0 Å². The molecule has 0 radical (unpaired) electrons. The fraction of sp³-hybridized carbons (Fsp3) is 0.273. The van der Waals surface area contributed by atoms with Gasteiger partial charge in [0.05, 0.1) is 35.6 Å². The van der Waals surface area contributed by atoms with Crippen LogP contribution < -0.4 is 0 Å². The van der Waals surface area contributed by atoms with E-state index in [-0.39, 0.29) is 11.9 Å². The lowest BCUT2D eigenvalue weighted by molar-refractivity contribution is 0.0600. The van der Waals surface area contributed by atoms with E-state index in [2.05, 4.69) is 9.97 Å². The Labute approximate surface area is 163 Å². The summed E-state index contributed by atoms with van der Waals surface area (Å²) in [5, 5.41) is 0. The molecule has 0 atom stereocenters. The maximum Gasteiger partial charge on any atom is 0.337 e. The van der Waals surface area contributed by atoms with Crippen LogP contribution in [0.25, 0.3) is 22.3 Å². The molecule has 6 nitrogen and oxygen atoms in total. The summed E-state index contributed by atoms with van der Waals surface area (Å²) in [5.74, 6) is -0.326. The molecule has 28 heavy (non-hydrogen) atoms. The highest BCUT2D eigenvalue weighted by Gasteiger charge is 2.18. The van der Waals surface area contributed by atoms with Gasteiger partial charge in [-0.25, -0.2) is 9.78 Å². The summed E-state index contributed by atoms with van der Waals surface area (Å²) in [6.07, 6.45) is 5.00. The number of hydrogen-bond donors (Lipinski definition) is 0. The van der Waals surface area contributed by atoms with Crippen molar-refractivity contribution < 1.29 is 14.3 Å². The van der Waals surface area contributed by atoms with Crippen LogP contribution in [0.2, 0.25) is 0 Å². The van der Waals surface area contributed by atoms with Crippen molar-refractivity contribution in [3.05, 3.63) is 59.8 Å². The van der Waals surface area contributed by atoms with Gasteiger partial charge in [-0.15, -0.1) is 0 Å². The largest absolute Gasteiger partial charge is 0.465 e. The molecule has 1 saturated heterocycles. The lowest BCUT2D eigenvalue weighted by Crippen LogP contribution is -2.35. The monoisotopic (exact) mass is 375 g/mol. The molecule has 0 bridgehead atoms. The van der Waals surface area contributed by atoms with Gasteiger partial charge in [0.2, 0.25) is 0 Å². The van der Waals surface area contributed by atoms with Crippen LogP contribution in [-0.2, 0) is 4.74 Å². The van der Waals surface area contributed by atoms with E-state index in [1.165, 1.54) is 13.5 Å². The summed E-state index contributed by atoms with van der Waals surface area (Å²) in [6.45, 7) is 1.63. The van der Waals surface area contributed by atoms with Crippen molar-refractivity contribution in [2.45, 2.75) is 19.3 Å². The van der Waals surface area contributed by atoms with Gasteiger partial charge in [0, 0.05) is 24.2 Å². The molecular weight excluding hydrogens is 354 g/mol. The summed E-state index contributed by atoms with van der Waals surface area (Å²) in [4.78, 5) is 35.4. The normalized spacial score (nSPS) is 14.1. The molecule has 1 fully saturated rings. The molecule has 4 rings (SSSR count). The number of aromatic nitrogens is 2. The Morgan fingerprint density at radius 1 is 0.929 bits per heavy atom. The van der Waals surface area contributed by atoms with Crippen LogP contribution in [0.15, 0.2) is 48.7 Å². The maximum atomic E-state index is 12.8. The Bertz CT molecular complexity index is 1020. The number of rotatable bonds is 3. The van der Waals surface area contributed by atoms with Gasteiger partial charge in [0.25, 0.3) is 5.91 Å². The van der Waals surface area contributed by atoms with E-state index in [1.54, 1.807) is 18.3 Å². The number of carbonyl (C=O) groups excluding carboxylic acids is 2. The molecule has 0 saturated carbocycles. The average Bonchev–Trinajstić information content (AvgIpc) is 2.78. The van der Waals surface area contributed by atoms with Gasteiger partial charge in [0.1, 0.15) is 0 Å². The minimum Gasteiger partial charge on any atom is -0.465 e. The van der Waals surface area contributed by atoms with Gasteiger partial charge in [0.15, 0.2) is 0 Å². The van der Waals surface area contributed by atoms with Crippen LogP contribution >= 0.6 is 0 Å². The Balaban J connectivity index is 1.64. The fourth-order valence-corrected chi connectivity index (χ4v) is 3.46. The first-order chi connectivity index (χ1) is 13.7. The molecule has 142 valence electrons. The quantitative estimate of drug-likeness (QED) is 0.653. The summed E-state index contributed by atoms with van der Waals surface area (Å²) in [5.41, 5.74) is 4.07. The van der Waals surface area contributed by atoms with Gasteiger partial charge < -0.3 is 9.64 Å². The van der Waals surface area contributed by atoms with Crippen molar-refractivity contribution in [3.63, 3.8) is 0 Å². The highest BCUT2D eigenvalue weighted by molar-refractivity contribution is 5.97. The van der Waals surface area contributed by atoms with Crippen molar-refractivity contribution >= 4 is 22.9 Å². The van der Waals surface area contributed by atoms with E-state index in [4.69, 9.17) is 4.74 Å². The summed E-state index contributed by atoms with van der Waals surface area (Å²) >= 11 is 0. The van der Waals surface area contributed by atoms with Crippen LogP contribution in [0.3, 0.4) is 0 Å². The van der Waals surface area contributed by atoms with E-state index in [9.17, 15) is 9.59 Å². The number of nitrogens with zero attached hydrogens (tertiary/aromatic N) is 3. The number of benzene rings is 2. The summed E-state index contributed by atoms with van der Waals surface area (Å²) in [6, 6.07) is 12.5. The van der Waals surface area contributed by atoms with Gasteiger partial charge in [-0.1, -0.05) is 12.1 Å². The smallest absolute Gasteiger partial charge is 0.337 e. The molecule has 1 amide bonds. The molecule has 1 aliphatic heterocycles. The highest BCUT2D eigenvalue weighted by Crippen LogP contribution is 2.22. The Morgan fingerprint density at radius 3 is 2.36 bits per heavy atom. The number of esters is 1. The zero-order chi connectivity index (χ0) is 19.5. The van der Waals surface area contributed by atoms with Crippen molar-refractivity contribution in [3.8, 4) is 11.3 Å². The first-order valence-corrected chi connectivity index (χ1v) is 9.40. The van der Waals surface area contributed by atoms with Crippen LogP contribution in [-0.4, -0.2) is 46.9 Å². The first-order valence-electron chi connectivity index (χ1n) is 9.40. The number of methoxy groups -OCH3 is 1. The SMILES string of the molecule is COC(=O)c1ccc(-c2cnc3ccc(C(=O)N4CCCCC4)cc3n2)cc1. The van der Waals surface area contributed by atoms with Gasteiger partial charge >= 0.3 is 5.97 Å². The molecule has 2 aromatic carbocycles. The van der Waals surface area contributed by atoms with Gasteiger partial charge in [-0.3, -0.25) is 9.78 Å². The van der Waals surface area contributed by atoms with Crippen molar-refractivity contribution in [2.75, 3.05) is 20.2 Å². The van der Waals surface area contributed by atoms with E-state index in [1.807, 2.05) is 35.2 Å². The summed E-state index contributed by atoms with van der Waals surface area (Å²) in [7, 11) is 1.35. The van der Waals surface area contributed by atoms with E-state index in [0.29, 0.717) is 22.3 Å². The third kappa shape index (κ3) is 3.58. The molecule has 0 N–H and O–H groups in total. The van der Waals surface area contributed by atoms with E-state index >= 15 is 0 Å². The molecule has 1 aliphatic rings. The summed E-state index contributed by atoms with van der Waals surface area (Å²) < 4.78 is 4.72. The Hall–Kier alpha value is -3.28. The number of fused-ring (bicyclic) bond motifs is 1. The third-order valence-electron chi connectivity index (χ3n) is 5.03. The zero-order valence-electron chi connectivity index (χ0n) is 15.7. The zero-order valence-corrected chi connectivity index (χ0v) is 15.7. The second-order valence-electron chi connectivity index (χ2n) is 6.88. The van der Waals surface area contributed by atoms with Gasteiger partial charge in [-0.2, -0.15) is 0 Å². The first kappa shape index (κ1) is 18.1. The highest BCUT2D eigenvalue weighted by atomic mass is 16.5. The molecule has 6 heteroatoms. The fourth-order valence-electron chi connectivity index (χ4n) is 3.46.